The zero-order chi connectivity index (χ0) is 28.8. The summed E-state index contributed by atoms with van der Waals surface area (Å²) in [7, 11) is 1.77. The summed E-state index contributed by atoms with van der Waals surface area (Å²) < 4.78 is 12.2. The molecule has 0 bridgehead atoms. The number of rotatable bonds is 6. The van der Waals surface area contributed by atoms with Crippen LogP contribution in [-0.4, -0.2) is 41.5 Å². The van der Waals surface area contributed by atoms with Gasteiger partial charge in [-0.1, -0.05) is 24.3 Å². The van der Waals surface area contributed by atoms with Gasteiger partial charge in [0.05, 0.1) is 17.7 Å². The van der Waals surface area contributed by atoms with E-state index in [1.54, 1.807) is 7.05 Å². The molecule has 206 valence electrons. The highest BCUT2D eigenvalue weighted by Crippen LogP contribution is 2.46. The molecule has 3 aromatic carbocycles. The van der Waals surface area contributed by atoms with E-state index in [1.807, 2.05) is 65.2 Å². The molecule has 6 nitrogen and oxygen atoms in total. The molecule has 1 atom stereocenters. The Kier molecular flexibility index (Phi) is 7.23. The molecule has 0 radical (unpaired) electrons. The third-order valence-electron chi connectivity index (χ3n) is 7.53. The molecule has 0 fully saturated rings. The minimum Gasteiger partial charge on any atom is -0.493 e. The van der Waals surface area contributed by atoms with Crippen LogP contribution in [0.3, 0.4) is 0 Å². The van der Waals surface area contributed by atoms with Gasteiger partial charge in [0.2, 0.25) is 0 Å². The van der Waals surface area contributed by atoms with Gasteiger partial charge in [-0.3, -0.25) is 9.98 Å². The van der Waals surface area contributed by atoms with Gasteiger partial charge < -0.3 is 14.6 Å². The Hall–Kier alpha value is -4.03. The monoisotopic (exact) mass is 536 g/mol. The molecule has 1 aliphatic rings. The predicted molar refractivity (Wildman–Crippen MR) is 163 cm³/mol. The first-order chi connectivity index (χ1) is 19.1. The summed E-state index contributed by atoms with van der Waals surface area (Å²) in [5.74, 6) is -0.219. The van der Waals surface area contributed by atoms with Crippen LogP contribution in [0.25, 0.3) is 38.4 Å². The van der Waals surface area contributed by atoms with E-state index in [2.05, 4.69) is 36.2 Å². The average Bonchev–Trinajstić information content (AvgIpc) is 2.91. The highest BCUT2D eigenvalue weighted by molar-refractivity contribution is 6.14. The van der Waals surface area contributed by atoms with Crippen molar-refractivity contribution in [2.24, 2.45) is 4.99 Å². The summed E-state index contributed by atoms with van der Waals surface area (Å²) in [5.41, 5.74) is 7.72. The molecule has 0 amide bonds. The van der Waals surface area contributed by atoms with Gasteiger partial charge >= 0.3 is 5.97 Å². The number of aliphatic imine (C=N–C) groups is 1. The fourth-order valence-corrected chi connectivity index (χ4v) is 5.84. The van der Waals surface area contributed by atoms with Crippen molar-refractivity contribution in [1.29, 1.82) is 0 Å². The predicted octanol–water partition coefficient (Wildman–Crippen LogP) is 7.65. The molecule has 1 aliphatic heterocycles. The summed E-state index contributed by atoms with van der Waals surface area (Å²) in [6.45, 7) is 12.3. The van der Waals surface area contributed by atoms with Gasteiger partial charge in [0.15, 0.2) is 6.10 Å². The van der Waals surface area contributed by atoms with Crippen LogP contribution >= 0.6 is 0 Å². The number of hydrogen-bond acceptors (Lipinski definition) is 5. The van der Waals surface area contributed by atoms with Crippen LogP contribution in [0.4, 0.5) is 0 Å². The zero-order valence-electron chi connectivity index (χ0n) is 24.3. The van der Waals surface area contributed by atoms with E-state index in [0.29, 0.717) is 12.2 Å². The Morgan fingerprint density at radius 1 is 1.15 bits per heavy atom. The molecular formula is C34H36N2O4. The zero-order valence-corrected chi connectivity index (χ0v) is 24.3. The highest BCUT2D eigenvalue weighted by atomic mass is 16.5. The molecule has 5 rings (SSSR count). The molecule has 6 heteroatoms. The number of hydrogen-bond donors (Lipinski definition) is 1. The molecule has 0 spiro atoms. The number of ether oxygens (including phenoxy) is 2. The molecule has 1 unspecified atom stereocenters. The van der Waals surface area contributed by atoms with Gasteiger partial charge in [-0.25, -0.2) is 4.79 Å². The summed E-state index contributed by atoms with van der Waals surface area (Å²) in [6, 6.07) is 12.3. The summed E-state index contributed by atoms with van der Waals surface area (Å²) in [6.07, 6.45) is 5.39. The van der Waals surface area contributed by atoms with Crippen molar-refractivity contribution >= 4 is 39.4 Å². The van der Waals surface area contributed by atoms with Crippen LogP contribution < -0.4 is 4.74 Å². The Balaban J connectivity index is 1.93. The number of aromatic nitrogens is 1. The number of aryl methyl sites for hydroxylation is 2. The molecule has 2 heterocycles. The number of benzene rings is 3. The number of pyridine rings is 1. The van der Waals surface area contributed by atoms with E-state index in [4.69, 9.17) is 14.5 Å². The molecule has 0 saturated heterocycles. The van der Waals surface area contributed by atoms with Crippen LogP contribution in [0.2, 0.25) is 0 Å². The lowest BCUT2D eigenvalue weighted by Gasteiger charge is -2.29. The molecule has 4 aromatic rings. The van der Waals surface area contributed by atoms with E-state index >= 15 is 0 Å². The molecule has 0 aliphatic carbocycles. The lowest BCUT2D eigenvalue weighted by molar-refractivity contribution is -0.160. The van der Waals surface area contributed by atoms with Crippen molar-refractivity contribution in [1.82, 2.24) is 4.98 Å². The molecule has 1 N–H and O–H groups in total. The molecular weight excluding hydrogens is 500 g/mol. The Morgan fingerprint density at radius 2 is 1.93 bits per heavy atom. The van der Waals surface area contributed by atoms with Crippen molar-refractivity contribution in [2.45, 2.75) is 59.7 Å². The average molecular weight is 537 g/mol. The molecule has 1 aromatic heterocycles. The molecule has 40 heavy (non-hydrogen) atoms. The minimum absolute atomic E-state index is 0.626. The van der Waals surface area contributed by atoms with Crippen LogP contribution in [0.1, 0.15) is 61.6 Å². The first-order valence-corrected chi connectivity index (χ1v) is 13.7. The molecule has 0 saturated carbocycles. The van der Waals surface area contributed by atoms with E-state index in [0.717, 1.165) is 67.2 Å². The second kappa shape index (κ2) is 10.5. The number of nitrogens with zero attached hydrogens (tertiary/aromatic N) is 2. The number of carboxylic acid groups (broad SMARTS) is 1. The van der Waals surface area contributed by atoms with E-state index in [1.165, 1.54) is 5.56 Å². The van der Waals surface area contributed by atoms with Gasteiger partial charge in [-0.2, -0.15) is 0 Å². The number of carboxylic acids is 1. The maximum absolute atomic E-state index is 12.8. The van der Waals surface area contributed by atoms with Crippen LogP contribution in [0.5, 0.6) is 5.75 Å². The Labute approximate surface area is 235 Å². The van der Waals surface area contributed by atoms with Crippen LogP contribution in [0.15, 0.2) is 53.7 Å². The van der Waals surface area contributed by atoms with Gasteiger partial charge in [0.25, 0.3) is 0 Å². The summed E-state index contributed by atoms with van der Waals surface area (Å²) >= 11 is 0. The Morgan fingerprint density at radius 3 is 2.60 bits per heavy atom. The maximum Gasteiger partial charge on any atom is 0.337 e. The van der Waals surface area contributed by atoms with Crippen molar-refractivity contribution < 1.29 is 19.4 Å². The standard InChI is InChI=1S/C34H36N2O4/c1-8-21(18-35-7)23-9-10-24-26(20(23)3)17-19(2)28(32(33(37)38)40-34(4,5)6)30(24)25-11-12-27-29-22(14-16-39-27)13-15-36-31(25)29/h8-13,15,17-18,32H,14,16H2,1-7H3,(H,37,38). The lowest BCUT2D eigenvalue weighted by atomic mass is 9.83. The van der Waals surface area contributed by atoms with E-state index in [-0.39, 0.29) is 0 Å². The van der Waals surface area contributed by atoms with Gasteiger partial charge in [-0.05, 0) is 104 Å². The van der Waals surface area contributed by atoms with Crippen LogP contribution in [-0.2, 0) is 16.0 Å². The van der Waals surface area contributed by atoms with Crippen molar-refractivity contribution in [3.05, 3.63) is 76.5 Å². The second-order valence-electron chi connectivity index (χ2n) is 11.3. The normalized spacial score (nSPS) is 14.6. The summed E-state index contributed by atoms with van der Waals surface area (Å²) in [5, 5.41) is 13.5. The fourth-order valence-electron chi connectivity index (χ4n) is 5.84. The smallest absolute Gasteiger partial charge is 0.337 e. The summed E-state index contributed by atoms with van der Waals surface area (Å²) in [4.78, 5) is 21.9. The first-order valence-electron chi connectivity index (χ1n) is 13.7. The quantitative estimate of drug-likeness (QED) is 0.256. The van der Waals surface area contributed by atoms with Crippen molar-refractivity contribution in [3.63, 3.8) is 0 Å². The first kappa shape index (κ1) is 27.5. The SMILES string of the molecule is CC=C(C=NC)c1ccc2c(-c3ccc4c5c(ccnc35)CCO4)c(C(OC(C)(C)C)C(=O)O)c(C)cc2c1C. The second-order valence-corrected chi connectivity index (χ2v) is 11.3. The number of carbonyl (C=O) groups is 1. The largest absolute Gasteiger partial charge is 0.493 e. The maximum atomic E-state index is 12.8. The third-order valence-corrected chi connectivity index (χ3v) is 7.53. The third kappa shape index (κ3) is 4.77. The van der Waals surface area contributed by atoms with Crippen molar-refractivity contribution in [2.75, 3.05) is 13.7 Å². The van der Waals surface area contributed by atoms with E-state index < -0.39 is 17.7 Å². The van der Waals surface area contributed by atoms with Gasteiger partial charge in [0.1, 0.15) is 5.75 Å². The topological polar surface area (TPSA) is 81.0 Å². The van der Waals surface area contributed by atoms with Crippen molar-refractivity contribution in [3.8, 4) is 16.9 Å². The fraction of sp³-hybridized carbons (Fsp3) is 0.324. The van der Waals surface area contributed by atoms with Crippen LogP contribution in [0, 0.1) is 13.8 Å². The van der Waals surface area contributed by atoms with E-state index in [9.17, 15) is 9.90 Å². The van der Waals surface area contributed by atoms with Gasteiger partial charge in [0, 0.05) is 42.4 Å². The van der Waals surface area contributed by atoms with Gasteiger partial charge in [-0.15, -0.1) is 0 Å². The minimum atomic E-state index is -1.17. The number of allylic oxidation sites excluding steroid dienone is 2. The Bertz CT molecular complexity index is 1700. The number of aliphatic carboxylic acids is 1. The highest BCUT2D eigenvalue weighted by Gasteiger charge is 2.33. The number of fused-ring (bicyclic) bond motifs is 1. The lowest BCUT2D eigenvalue weighted by Crippen LogP contribution is -2.28.